The first kappa shape index (κ1) is 17.3. The van der Waals surface area contributed by atoms with E-state index in [9.17, 15) is 4.79 Å². The second kappa shape index (κ2) is 6.55. The lowest BCUT2D eigenvalue weighted by molar-refractivity contribution is -0.136. The molecule has 0 unspecified atom stereocenters. The average Bonchev–Trinajstić information content (AvgIpc) is 3.35. The lowest BCUT2D eigenvalue weighted by Crippen LogP contribution is -2.33. The van der Waals surface area contributed by atoms with Gasteiger partial charge in [-0.25, -0.2) is 19.8 Å². The minimum atomic E-state index is -2.18. The van der Waals surface area contributed by atoms with E-state index < -0.39 is 23.4 Å². The summed E-state index contributed by atoms with van der Waals surface area (Å²) in [6, 6.07) is 18.1. The highest BCUT2D eigenvalue weighted by Crippen LogP contribution is 2.66. The molecule has 3 atom stereocenters. The Balaban J connectivity index is 1.68. The number of carbonyl (C=O) groups excluding carboxylic acids is 1. The summed E-state index contributed by atoms with van der Waals surface area (Å²) in [6.45, 7) is 1.89. The molecule has 1 aromatic heterocycles. The molecule has 1 aliphatic carbocycles. The van der Waals surface area contributed by atoms with Gasteiger partial charge in [0.15, 0.2) is 5.82 Å². The minimum Gasteiger partial charge on any atom is -0.289 e. The number of aromatic nitrogens is 2. The van der Waals surface area contributed by atoms with Crippen LogP contribution in [0.5, 0.6) is 0 Å². The van der Waals surface area contributed by atoms with Crippen molar-refractivity contribution in [1.82, 2.24) is 15.4 Å². The van der Waals surface area contributed by atoms with Gasteiger partial charge in [0.25, 0.3) is 5.91 Å². The Labute approximate surface area is 155 Å². The predicted octanol–water partition coefficient (Wildman–Crippen LogP) is 3.55. The number of nitrogens with one attached hydrogen (secondary N) is 1. The van der Waals surface area contributed by atoms with Gasteiger partial charge in [0.1, 0.15) is 0 Å². The Bertz CT molecular complexity index is 978. The second-order valence-corrected chi connectivity index (χ2v) is 6.72. The van der Waals surface area contributed by atoms with Crippen molar-refractivity contribution in [2.45, 2.75) is 24.4 Å². The van der Waals surface area contributed by atoms with Crippen LogP contribution in [0.4, 0.5) is 4.39 Å². The van der Waals surface area contributed by atoms with E-state index in [-0.39, 0.29) is 0 Å². The van der Waals surface area contributed by atoms with Gasteiger partial charge in [-0.1, -0.05) is 54.6 Å². The van der Waals surface area contributed by atoms with Gasteiger partial charge >= 0.3 is 0 Å². The fourth-order valence-electron chi connectivity index (χ4n) is 3.68. The highest BCUT2D eigenvalue weighted by atomic mass is 19.1. The fraction of sp³-hybridized carbons (Fsp3) is 0.190. The maximum Gasteiger partial charge on any atom is 0.282 e. The number of carbonyl (C=O) groups is 1. The highest BCUT2D eigenvalue weighted by molar-refractivity contribution is 5.92. The lowest BCUT2D eigenvalue weighted by atomic mass is 10.0. The number of amides is 1. The molecule has 0 saturated heterocycles. The molecule has 2 N–H and O–H groups in total. The van der Waals surface area contributed by atoms with Gasteiger partial charge < -0.3 is 0 Å². The number of rotatable bonds is 4. The molecule has 3 aromatic rings. The monoisotopic (exact) mass is 363 g/mol. The Hall–Kier alpha value is -3.12. The summed E-state index contributed by atoms with van der Waals surface area (Å²) < 4.78 is 15.5. The molecule has 1 saturated carbocycles. The topological polar surface area (TPSA) is 75.1 Å². The summed E-state index contributed by atoms with van der Waals surface area (Å²) in [7, 11) is 0. The number of nitrogens with zero attached hydrogens (tertiary/aromatic N) is 2. The number of hydrogen-bond acceptors (Lipinski definition) is 4. The van der Waals surface area contributed by atoms with Crippen molar-refractivity contribution >= 4 is 5.91 Å². The molecular formula is C21H18FN3O2. The number of hydroxylamine groups is 1. The van der Waals surface area contributed by atoms with Gasteiger partial charge in [-0.15, -0.1) is 0 Å². The first-order valence-corrected chi connectivity index (χ1v) is 8.64. The largest absolute Gasteiger partial charge is 0.289 e. The van der Waals surface area contributed by atoms with E-state index in [1.807, 2.05) is 31.2 Å². The van der Waals surface area contributed by atoms with Crippen molar-refractivity contribution in [1.29, 1.82) is 0 Å². The van der Waals surface area contributed by atoms with Gasteiger partial charge in [0, 0.05) is 29.3 Å². The SMILES string of the molecule is Cc1ccnc(-c2ccc([C@H]3[C@H](c4ccccc4)[C@]3(F)C(=O)NO)cc2)n1. The molecule has 1 aliphatic rings. The van der Waals surface area contributed by atoms with E-state index >= 15 is 4.39 Å². The molecule has 0 bridgehead atoms. The summed E-state index contributed by atoms with van der Waals surface area (Å²) in [5.41, 5.74) is 2.38. The normalized spacial score (nSPS) is 23.7. The maximum atomic E-state index is 15.5. The number of hydrogen-bond donors (Lipinski definition) is 2. The fourth-order valence-corrected chi connectivity index (χ4v) is 3.68. The Morgan fingerprint density at radius 2 is 1.67 bits per heavy atom. The number of benzene rings is 2. The van der Waals surface area contributed by atoms with Crippen LogP contribution < -0.4 is 5.48 Å². The van der Waals surface area contributed by atoms with Crippen LogP contribution in [0.15, 0.2) is 66.9 Å². The summed E-state index contributed by atoms with van der Waals surface area (Å²) in [6.07, 6.45) is 1.69. The van der Waals surface area contributed by atoms with Crippen LogP contribution in [0.25, 0.3) is 11.4 Å². The molecule has 136 valence electrons. The van der Waals surface area contributed by atoms with E-state index in [0.717, 1.165) is 16.8 Å². The molecule has 0 spiro atoms. The summed E-state index contributed by atoms with van der Waals surface area (Å²) in [5, 5.41) is 9.00. The zero-order valence-electron chi connectivity index (χ0n) is 14.6. The quantitative estimate of drug-likeness (QED) is 0.549. The van der Waals surface area contributed by atoms with Gasteiger partial charge in [0.05, 0.1) is 0 Å². The molecule has 1 heterocycles. The van der Waals surface area contributed by atoms with Crippen LogP contribution in [0, 0.1) is 6.92 Å². The molecule has 27 heavy (non-hydrogen) atoms. The number of halogens is 1. The minimum absolute atomic E-state index is 0.594. The number of aryl methyl sites for hydroxylation is 1. The van der Waals surface area contributed by atoms with E-state index in [4.69, 9.17) is 5.21 Å². The van der Waals surface area contributed by atoms with Crippen LogP contribution in [0.2, 0.25) is 0 Å². The van der Waals surface area contributed by atoms with Crippen LogP contribution in [-0.2, 0) is 4.79 Å². The summed E-state index contributed by atoms with van der Waals surface area (Å²) >= 11 is 0. The molecule has 6 heteroatoms. The van der Waals surface area contributed by atoms with E-state index in [0.29, 0.717) is 11.4 Å². The Morgan fingerprint density at radius 3 is 2.26 bits per heavy atom. The maximum absolute atomic E-state index is 15.5. The van der Waals surface area contributed by atoms with Crippen LogP contribution in [0.1, 0.15) is 28.7 Å². The molecule has 4 rings (SSSR count). The third-order valence-electron chi connectivity index (χ3n) is 5.06. The summed E-state index contributed by atoms with van der Waals surface area (Å²) in [4.78, 5) is 20.7. The third-order valence-corrected chi connectivity index (χ3v) is 5.06. The summed E-state index contributed by atoms with van der Waals surface area (Å²) in [5.74, 6) is -1.74. The van der Waals surface area contributed by atoms with Crippen molar-refractivity contribution in [2.75, 3.05) is 0 Å². The first-order chi connectivity index (χ1) is 13.1. The molecule has 2 aromatic carbocycles. The Morgan fingerprint density at radius 1 is 1.04 bits per heavy atom. The third kappa shape index (κ3) is 2.88. The second-order valence-electron chi connectivity index (χ2n) is 6.72. The van der Waals surface area contributed by atoms with Crippen molar-refractivity contribution in [2.24, 2.45) is 0 Å². The van der Waals surface area contributed by atoms with Crippen molar-refractivity contribution in [3.05, 3.63) is 83.7 Å². The lowest BCUT2D eigenvalue weighted by Gasteiger charge is -2.06. The Kier molecular flexibility index (Phi) is 4.20. The van der Waals surface area contributed by atoms with Crippen molar-refractivity contribution in [3.63, 3.8) is 0 Å². The van der Waals surface area contributed by atoms with Crippen LogP contribution >= 0.6 is 0 Å². The molecule has 0 aliphatic heterocycles. The molecule has 1 fully saturated rings. The highest BCUT2D eigenvalue weighted by Gasteiger charge is 2.72. The molecule has 0 radical (unpaired) electrons. The molecule has 5 nitrogen and oxygen atoms in total. The van der Waals surface area contributed by atoms with Gasteiger partial charge in [0.2, 0.25) is 5.67 Å². The zero-order valence-corrected chi connectivity index (χ0v) is 14.6. The van der Waals surface area contributed by atoms with Gasteiger partial charge in [-0.3, -0.25) is 10.0 Å². The van der Waals surface area contributed by atoms with Crippen molar-refractivity contribution in [3.8, 4) is 11.4 Å². The van der Waals surface area contributed by atoms with Crippen LogP contribution in [-0.4, -0.2) is 26.8 Å². The molecular weight excluding hydrogens is 345 g/mol. The van der Waals surface area contributed by atoms with Crippen molar-refractivity contribution < 1.29 is 14.4 Å². The predicted molar refractivity (Wildman–Crippen MR) is 97.9 cm³/mol. The van der Waals surface area contributed by atoms with E-state index in [1.54, 1.807) is 42.6 Å². The standard InChI is InChI=1S/C21H18FN3O2/c1-13-11-12-23-19(24-13)16-9-7-15(8-10-16)18-17(14-5-3-2-4-6-14)21(18,22)20(26)25-27/h2-12,17-18,27H,1H3,(H,25,26)/t17-,18-,21+/m0/s1. The first-order valence-electron chi connectivity index (χ1n) is 8.64. The zero-order chi connectivity index (χ0) is 19.0. The van der Waals surface area contributed by atoms with Gasteiger partial charge in [-0.2, -0.15) is 0 Å². The van der Waals surface area contributed by atoms with Gasteiger partial charge in [-0.05, 0) is 24.1 Å². The average molecular weight is 363 g/mol. The molecule has 1 amide bonds. The van der Waals surface area contributed by atoms with Crippen LogP contribution in [0.3, 0.4) is 0 Å². The number of alkyl halides is 1. The van der Waals surface area contributed by atoms with E-state index in [2.05, 4.69) is 9.97 Å². The van der Waals surface area contributed by atoms with E-state index in [1.165, 1.54) is 5.48 Å². The smallest absolute Gasteiger partial charge is 0.282 e.